The van der Waals surface area contributed by atoms with Crippen molar-refractivity contribution < 1.29 is 9.66 Å². The summed E-state index contributed by atoms with van der Waals surface area (Å²) in [6.07, 6.45) is 0. The van der Waals surface area contributed by atoms with E-state index in [0.29, 0.717) is 19.0 Å². The largest absolute Gasteiger partial charge is 0.473 e. The fourth-order valence-corrected chi connectivity index (χ4v) is 2.88. The molecule has 6 nitrogen and oxygen atoms in total. The molecule has 0 aliphatic rings. The molecule has 3 rings (SSSR count). The first-order valence-electron chi connectivity index (χ1n) is 8.64. The number of hydrogen-bond donors (Lipinski definition) is 1. The normalized spacial score (nSPS) is 10.4. The highest BCUT2D eigenvalue weighted by molar-refractivity contribution is 5.57. The highest BCUT2D eigenvalue weighted by atomic mass is 16.6. The van der Waals surface area contributed by atoms with Gasteiger partial charge >= 0.3 is 5.69 Å². The van der Waals surface area contributed by atoms with Gasteiger partial charge in [0.05, 0.1) is 4.92 Å². The summed E-state index contributed by atoms with van der Waals surface area (Å²) in [5, 5.41) is 14.4. The van der Waals surface area contributed by atoms with Crippen LogP contribution in [-0.4, -0.2) is 9.91 Å². The van der Waals surface area contributed by atoms with E-state index in [1.54, 1.807) is 0 Å². The summed E-state index contributed by atoms with van der Waals surface area (Å²) < 4.78 is 5.68. The van der Waals surface area contributed by atoms with E-state index in [9.17, 15) is 10.1 Å². The standard InChI is InChI=1S/C21H21N3O3/c1-15-10-16(2)12-18(11-15)13-22-21-19(24(25)26)8-9-20(23-21)27-14-17-6-4-3-5-7-17/h3-12H,13-14H2,1-2H3,(H,22,23). The molecule has 0 bridgehead atoms. The van der Waals surface area contributed by atoms with Gasteiger partial charge in [0.1, 0.15) is 6.61 Å². The monoisotopic (exact) mass is 363 g/mol. The number of ether oxygens (including phenoxy) is 1. The number of nitro groups is 1. The van der Waals surface area contributed by atoms with Crippen molar-refractivity contribution in [3.63, 3.8) is 0 Å². The number of aromatic nitrogens is 1. The Bertz CT molecular complexity index is 922. The van der Waals surface area contributed by atoms with E-state index in [1.807, 2.05) is 56.3 Å². The zero-order valence-electron chi connectivity index (χ0n) is 15.3. The second-order valence-electron chi connectivity index (χ2n) is 6.40. The van der Waals surface area contributed by atoms with Crippen LogP contribution in [0, 0.1) is 24.0 Å². The molecular formula is C21H21N3O3. The van der Waals surface area contributed by atoms with E-state index < -0.39 is 4.92 Å². The fraction of sp³-hybridized carbons (Fsp3) is 0.190. The van der Waals surface area contributed by atoms with Crippen molar-refractivity contribution >= 4 is 11.5 Å². The number of pyridine rings is 1. The fourth-order valence-electron chi connectivity index (χ4n) is 2.88. The molecule has 27 heavy (non-hydrogen) atoms. The molecule has 0 spiro atoms. The minimum atomic E-state index is -0.447. The first-order chi connectivity index (χ1) is 13.0. The van der Waals surface area contributed by atoms with Gasteiger partial charge in [0.25, 0.3) is 0 Å². The molecule has 0 radical (unpaired) electrons. The predicted octanol–water partition coefficient (Wildman–Crippen LogP) is 4.80. The number of rotatable bonds is 7. The summed E-state index contributed by atoms with van der Waals surface area (Å²) >= 11 is 0. The molecule has 0 fully saturated rings. The average Bonchev–Trinajstić information content (AvgIpc) is 2.64. The van der Waals surface area contributed by atoms with Crippen LogP contribution in [0.15, 0.2) is 60.7 Å². The summed E-state index contributed by atoms with van der Waals surface area (Å²) in [6, 6.07) is 18.8. The molecule has 1 aromatic heterocycles. The van der Waals surface area contributed by atoms with Crippen molar-refractivity contribution in [3.05, 3.63) is 93.0 Å². The zero-order valence-corrected chi connectivity index (χ0v) is 15.3. The smallest absolute Gasteiger partial charge is 0.311 e. The van der Waals surface area contributed by atoms with Crippen LogP contribution in [0.25, 0.3) is 0 Å². The van der Waals surface area contributed by atoms with Crippen molar-refractivity contribution in [3.8, 4) is 5.88 Å². The van der Waals surface area contributed by atoms with Gasteiger partial charge in [-0.2, -0.15) is 4.98 Å². The summed E-state index contributed by atoms with van der Waals surface area (Å²) in [6.45, 7) is 4.84. The first kappa shape index (κ1) is 18.4. The Morgan fingerprint density at radius 2 is 1.70 bits per heavy atom. The Morgan fingerprint density at radius 3 is 2.37 bits per heavy atom. The molecule has 0 atom stereocenters. The van der Waals surface area contributed by atoms with Crippen LogP contribution in [0.1, 0.15) is 22.3 Å². The van der Waals surface area contributed by atoms with Gasteiger partial charge in [-0.3, -0.25) is 10.1 Å². The molecular weight excluding hydrogens is 342 g/mol. The second kappa shape index (κ2) is 8.31. The Hall–Kier alpha value is -3.41. The molecule has 138 valence electrons. The number of nitrogens with zero attached hydrogens (tertiary/aromatic N) is 2. The third kappa shape index (κ3) is 5.04. The second-order valence-corrected chi connectivity index (χ2v) is 6.40. The topological polar surface area (TPSA) is 77.3 Å². The van der Waals surface area contributed by atoms with Gasteiger partial charge < -0.3 is 10.1 Å². The maximum Gasteiger partial charge on any atom is 0.311 e. The molecule has 0 unspecified atom stereocenters. The van der Waals surface area contributed by atoms with E-state index in [0.717, 1.165) is 22.3 Å². The zero-order chi connectivity index (χ0) is 19.2. The molecule has 0 aliphatic heterocycles. The Balaban J connectivity index is 1.76. The Morgan fingerprint density at radius 1 is 1.00 bits per heavy atom. The van der Waals surface area contributed by atoms with Crippen LogP contribution < -0.4 is 10.1 Å². The third-order valence-electron chi connectivity index (χ3n) is 4.02. The predicted molar refractivity (Wildman–Crippen MR) is 105 cm³/mol. The summed E-state index contributed by atoms with van der Waals surface area (Å²) in [4.78, 5) is 15.2. The number of anilines is 1. The maximum atomic E-state index is 11.3. The van der Waals surface area contributed by atoms with Gasteiger partial charge in [0.2, 0.25) is 11.7 Å². The molecule has 0 aliphatic carbocycles. The number of aryl methyl sites for hydroxylation is 2. The number of nitrogens with one attached hydrogen (secondary N) is 1. The van der Waals surface area contributed by atoms with Crippen molar-refractivity contribution in [2.75, 3.05) is 5.32 Å². The Labute approximate surface area is 158 Å². The van der Waals surface area contributed by atoms with E-state index in [1.165, 1.54) is 12.1 Å². The minimum absolute atomic E-state index is 0.0774. The lowest BCUT2D eigenvalue weighted by Crippen LogP contribution is -2.06. The molecule has 2 aromatic carbocycles. The van der Waals surface area contributed by atoms with Crippen molar-refractivity contribution in [1.29, 1.82) is 0 Å². The summed E-state index contributed by atoms with van der Waals surface area (Å²) in [5.41, 5.74) is 4.26. The SMILES string of the molecule is Cc1cc(C)cc(CNc2nc(OCc3ccccc3)ccc2[N+](=O)[O-])c1. The molecule has 0 amide bonds. The van der Waals surface area contributed by atoms with E-state index in [-0.39, 0.29) is 11.5 Å². The van der Waals surface area contributed by atoms with Crippen LogP contribution in [0.4, 0.5) is 11.5 Å². The van der Waals surface area contributed by atoms with Gasteiger partial charge in [-0.15, -0.1) is 0 Å². The lowest BCUT2D eigenvalue weighted by molar-refractivity contribution is -0.384. The van der Waals surface area contributed by atoms with Crippen LogP contribution >= 0.6 is 0 Å². The highest BCUT2D eigenvalue weighted by Crippen LogP contribution is 2.26. The lowest BCUT2D eigenvalue weighted by atomic mass is 10.1. The minimum Gasteiger partial charge on any atom is -0.473 e. The molecule has 0 saturated heterocycles. The van der Waals surface area contributed by atoms with Crippen molar-refractivity contribution in [2.45, 2.75) is 27.0 Å². The van der Waals surface area contributed by atoms with Crippen molar-refractivity contribution in [2.24, 2.45) is 0 Å². The van der Waals surface area contributed by atoms with Crippen LogP contribution in [0.5, 0.6) is 5.88 Å². The first-order valence-corrected chi connectivity index (χ1v) is 8.64. The highest BCUT2D eigenvalue weighted by Gasteiger charge is 2.16. The van der Waals surface area contributed by atoms with Crippen molar-refractivity contribution in [1.82, 2.24) is 4.98 Å². The summed E-state index contributed by atoms with van der Waals surface area (Å²) in [7, 11) is 0. The van der Waals surface area contributed by atoms with Gasteiger partial charge in [-0.05, 0) is 25.0 Å². The Kier molecular flexibility index (Phi) is 5.66. The van der Waals surface area contributed by atoms with E-state index >= 15 is 0 Å². The molecule has 0 saturated carbocycles. The van der Waals surface area contributed by atoms with Crippen LogP contribution in [0.3, 0.4) is 0 Å². The lowest BCUT2D eigenvalue weighted by Gasteiger charge is -2.10. The molecule has 3 aromatic rings. The maximum absolute atomic E-state index is 11.3. The third-order valence-corrected chi connectivity index (χ3v) is 4.02. The van der Waals surface area contributed by atoms with Crippen LogP contribution in [-0.2, 0) is 13.2 Å². The molecule has 1 heterocycles. The average molecular weight is 363 g/mol. The van der Waals surface area contributed by atoms with Gasteiger partial charge in [0.15, 0.2) is 0 Å². The van der Waals surface area contributed by atoms with Crippen LogP contribution in [0.2, 0.25) is 0 Å². The van der Waals surface area contributed by atoms with E-state index in [4.69, 9.17) is 4.74 Å². The van der Waals surface area contributed by atoms with Gasteiger partial charge in [0, 0.05) is 18.7 Å². The molecule has 6 heteroatoms. The van der Waals surface area contributed by atoms with Gasteiger partial charge in [-0.25, -0.2) is 0 Å². The molecule has 1 N–H and O–H groups in total. The quantitative estimate of drug-likeness (QED) is 0.482. The number of hydrogen-bond acceptors (Lipinski definition) is 5. The number of benzene rings is 2. The summed E-state index contributed by atoms with van der Waals surface area (Å²) in [5.74, 6) is 0.539. The van der Waals surface area contributed by atoms with Gasteiger partial charge in [-0.1, -0.05) is 59.7 Å². The van der Waals surface area contributed by atoms with E-state index in [2.05, 4.69) is 16.4 Å².